The van der Waals surface area contributed by atoms with E-state index in [2.05, 4.69) is 16.0 Å². The molecular weight excluding hydrogens is 442 g/mol. The highest BCUT2D eigenvalue weighted by atomic mass is 16.4. The molecule has 0 spiro atoms. The highest BCUT2D eigenvalue weighted by Gasteiger charge is 2.30. The average molecular weight is 480 g/mol. The van der Waals surface area contributed by atoms with Crippen molar-refractivity contribution in [1.29, 1.82) is 0 Å². The normalized spacial score (nSPS) is 14.5. The standard InChI is InChI=1S/C23H37N5O6/c1-13(2)19(23(33)34)28-22(32)18(12-15-7-9-16(29)10-8-15)27-20(30)14(3)26-21(31)17(25)6-4-5-11-24/h7-10,13-14,17-19,29H,4-6,11-12,24-25H2,1-3H3,(H,26,31)(H,27,30)(H,28,32)(H,33,34). The van der Waals surface area contributed by atoms with E-state index in [0.717, 1.165) is 6.42 Å². The number of rotatable bonds is 14. The second kappa shape index (κ2) is 14.2. The molecule has 0 aliphatic rings. The van der Waals surface area contributed by atoms with E-state index >= 15 is 0 Å². The van der Waals surface area contributed by atoms with E-state index in [1.807, 2.05) is 0 Å². The summed E-state index contributed by atoms with van der Waals surface area (Å²) in [6.45, 7) is 5.27. The summed E-state index contributed by atoms with van der Waals surface area (Å²) in [5, 5.41) is 26.5. The lowest BCUT2D eigenvalue weighted by molar-refractivity contribution is -0.143. The number of nitrogens with one attached hydrogen (secondary N) is 3. The van der Waals surface area contributed by atoms with Gasteiger partial charge in [-0.3, -0.25) is 14.4 Å². The number of carboxylic acids is 1. The Morgan fingerprint density at radius 2 is 1.53 bits per heavy atom. The number of carboxylic acid groups (broad SMARTS) is 1. The monoisotopic (exact) mass is 479 g/mol. The molecule has 1 aromatic rings. The summed E-state index contributed by atoms with van der Waals surface area (Å²) in [6, 6.07) is 2.02. The number of nitrogens with two attached hydrogens (primary N) is 2. The van der Waals surface area contributed by atoms with E-state index in [1.165, 1.54) is 19.1 Å². The van der Waals surface area contributed by atoms with Crippen molar-refractivity contribution in [2.45, 2.75) is 70.6 Å². The van der Waals surface area contributed by atoms with Crippen molar-refractivity contribution >= 4 is 23.7 Å². The van der Waals surface area contributed by atoms with Gasteiger partial charge in [0.2, 0.25) is 17.7 Å². The van der Waals surface area contributed by atoms with Gasteiger partial charge in [-0.15, -0.1) is 0 Å². The fourth-order valence-corrected chi connectivity index (χ4v) is 3.17. The third-order valence-electron chi connectivity index (χ3n) is 5.30. The van der Waals surface area contributed by atoms with Crippen LogP contribution < -0.4 is 27.4 Å². The van der Waals surface area contributed by atoms with E-state index in [1.54, 1.807) is 26.0 Å². The van der Waals surface area contributed by atoms with Crippen LogP contribution in [-0.2, 0) is 25.6 Å². The van der Waals surface area contributed by atoms with Gasteiger partial charge >= 0.3 is 5.97 Å². The van der Waals surface area contributed by atoms with Crippen molar-refractivity contribution in [1.82, 2.24) is 16.0 Å². The first-order chi connectivity index (χ1) is 16.0. The Balaban J connectivity index is 2.91. The van der Waals surface area contributed by atoms with Crippen LogP contribution in [0.1, 0.15) is 45.6 Å². The van der Waals surface area contributed by atoms with E-state index in [4.69, 9.17) is 11.5 Å². The summed E-state index contributed by atoms with van der Waals surface area (Å²) in [5.41, 5.74) is 11.9. The lowest BCUT2D eigenvalue weighted by atomic mass is 10.0. The van der Waals surface area contributed by atoms with Gasteiger partial charge in [0.15, 0.2) is 0 Å². The predicted molar refractivity (Wildman–Crippen MR) is 127 cm³/mol. The molecule has 3 amide bonds. The molecule has 11 nitrogen and oxygen atoms in total. The maximum absolute atomic E-state index is 12.9. The second-order valence-electron chi connectivity index (χ2n) is 8.62. The molecule has 0 heterocycles. The van der Waals surface area contributed by atoms with Crippen LogP contribution in [0, 0.1) is 5.92 Å². The first kappa shape index (κ1) is 28.9. The van der Waals surface area contributed by atoms with E-state index in [0.29, 0.717) is 24.9 Å². The van der Waals surface area contributed by atoms with Gasteiger partial charge in [-0.05, 0) is 49.9 Å². The fourth-order valence-electron chi connectivity index (χ4n) is 3.17. The number of hydrogen-bond acceptors (Lipinski definition) is 7. The van der Waals surface area contributed by atoms with Crippen LogP contribution in [-0.4, -0.2) is 64.6 Å². The number of aromatic hydroxyl groups is 1. The second-order valence-corrected chi connectivity index (χ2v) is 8.62. The van der Waals surface area contributed by atoms with Crippen LogP contribution in [0.3, 0.4) is 0 Å². The molecule has 0 saturated carbocycles. The van der Waals surface area contributed by atoms with Gasteiger partial charge in [-0.25, -0.2) is 4.79 Å². The third kappa shape index (κ3) is 9.75. The summed E-state index contributed by atoms with van der Waals surface area (Å²) < 4.78 is 0. The molecule has 34 heavy (non-hydrogen) atoms. The number of hydrogen-bond donors (Lipinski definition) is 7. The fraction of sp³-hybridized carbons (Fsp3) is 0.565. The third-order valence-corrected chi connectivity index (χ3v) is 5.30. The molecule has 190 valence electrons. The molecular formula is C23H37N5O6. The van der Waals surface area contributed by atoms with Crippen molar-refractivity contribution in [2.24, 2.45) is 17.4 Å². The van der Waals surface area contributed by atoms with Crippen molar-refractivity contribution < 1.29 is 29.4 Å². The smallest absolute Gasteiger partial charge is 0.326 e. The quantitative estimate of drug-likeness (QED) is 0.175. The molecule has 11 heteroatoms. The van der Waals surface area contributed by atoms with Gasteiger partial charge in [0.25, 0.3) is 0 Å². The lowest BCUT2D eigenvalue weighted by Crippen LogP contribution is -2.57. The van der Waals surface area contributed by atoms with Gasteiger partial charge in [0.1, 0.15) is 23.9 Å². The summed E-state index contributed by atoms with van der Waals surface area (Å²) in [6.07, 6.45) is 1.89. The van der Waals surface area contributed by atoms with E-state index in [-0.39, 0.29) is 18.1 Å². The lowest BCUT2D eigenvalue weighted by Gasteiger charge is -2.25. The molecule has 1 rings (SSSR count). The number of carbonyl (C=O) groups excluding carboxylic acids is 3. The Hall–Kier alpha value is -3.18. The highest BCUT2D eigenvalue weighted by Crippen LogP contribution is 2.12. The maximum atomic E-state index is 12.9. The van der Waals surface area contributed by atoms with E-state index < -0.39 is 47.9 Å². The van der Waals surface area contributed by atoms with Gasteiger partial charge in [0.05, 0.1) is 6.04 Å². The zero-order valence-electron chi connectivity index (χ0n) is 19.9. The van der Waals surface area contributed by atoms with Crippen molar-refractivity contribution in [3.8, 4) is 5.75 Å². The number of phenolic OH excluding ortho intramolecular Hbond substituents is 1. The molecule has 4 unspecified atom stereocenters. The number of unbranched alkanes of at least 4 members (excludes halogenated alkanes) is 1. The molecule has 0 saturated heterocycles. The largest absolute Gasteiger partial charge is 0.508 e. The molecule has 9 N–H and O–H groups in total. The van der Waals surface area contributed by atoms with Crippen LogP contribution in [0.2, 0.25) is 0 Å². The SMILES string of the molecule is CC(NC(=O)C(N)CCCCN)C(=O)NC(Cc1ccc(O)cc1)C(=O)NC(C(=O)O)C(C)C. The molecule has 0 aliphatic heterocycles. The van der Waals surface area contributed by atoms with E-state index in [9.17, 15) is 29.4 Å². The number of phenols is 1. The number of aliphatic carboxylic acids is 1. The first-order valence-electron chi connectivity index (χ1n) is 11.3. The van der Waals surface area contributed by atoms with Gasteiger partial charge in [0, 0.05) is 6.42 Å². The van der Waals surface area contributed by atoms with Gasteiger partial charge in [-0.2, -0.15) is 0 Å². The topological polar surface area (TPSA) is 197 Å². The number of benzene rings is 1. The minimum atomic E-state index is -1.19. The molecule has 4 atom stereocenters. The average Bonchev–Trinajstić information content (AvgIpc) is 2.77. The van der Waals surface area contributed by atoms with Gasteiger partial charge in [-0.1, -0.05) is 32.4 Å². The predicted octanol–water partition coefficient (Wildman–Crippen LogP) is -0.394. The molecule has 0 aliphatic carbocycles. The first-order valence-corrected chi connectivity index (χ1v) is 11.3. The van der Waals surface area contributed by atoms with Crippen molar-refractivity contribution in [3.63, 3.8) is 0 Å². The summed E-state index contributed by atoms with van der Waals surface area (Å²) in [7, 11) is 0. The Kier molecular flexibility index (Phi) is 12.0. The van der Waals surface area contributed by atoms with Gasteiger partial charge < -0.3 is 37.6 Å². The van der Waals surface area contributed by atoms with Crippen molar-refractivity contribution in [3.05, 3.63) is 29.8 Å². The molecule has 0 aromatic heterocycles. The summed E-state index contributed by atoms with van der Waals surface area (Å²) >= 11 is 0. The van der Waals surface area contributed by atoms with Crippen molar-refractivity contribution in [2.75, 3.05) is 6.54 Å². The minimum absolute atomic E-state index is 0.0404. The molecule has 0 bridgehead atoms. The summed E-state index contributed by atoms with van der Waals surface area (Å²) in [4.78, 5) is 49.5. The zero-order valence-corrected chi connectivity index (χ0v) is 19.9. The van der Waals surface area contributed by atoms with Crippen LogP contribution in [0.5, 0.6) is 5.75 Å². The molecule has 0 fully saturated rings. The zero-order chi connectivity index (χ0) is 25.8. The Labute approximate surface area is 199 Å². The van der Waals surface area contributed by atoms with Crippen LogP contribution >= 0.6 is 0 Å². The number of amides is 3. The molecule has 0 radical (unpaired) electrons. The maximum Gasteiger partial charge on any atom is 0.326 e. The highest BCUT2D eigenvalue weighted by molar-refractivity contribution is 5.94. The Morgan fingerprint density at radius 1 is 0.912 bits per heavy atom. The van der Waals surface area contributed by atoms with Crippen LogP contribution in [0.4, 0.5) is 0 Å². The Morgan fingerprint density at radius 3 is 2.06 bits per heavy atom. The number of carbonyl (C=O) groups is 4. The Bertz CT molecular complexity index is 830. The van der Waals surface area contributed by atoms with Crippen LogP contribution in [0.15, 0.2) is 24.3 Å². The molecule has 1 aromatic carbocycles. The minimum Gasteiger partial charge on any atom is -0.508 e. The van der Waals surface area contributed by atoms with Crippen LogP contribution in [0.25, 0.3) is 0 Å². The summed E-state index contributed by atoms with van der Waals surface area (Å²) in [5.74, 6) is -3.34.